The van der Waals surface area contributed by atoms with Gasteiger partial charge in [-0.3, -0.25) is 18.6 Å². The third-order valence-corrected chi connectivity index (χ3v) is 9.15. The number of ether oxygens (including phenoxy) is 2. The zero-order chi connectivity index (χ0) is 38.2. The number of phosphoric acid groups is 1. The molecule has 0 fully saturated rings. The van der Waals surface area contributed by atoms with Crippen LogP contribution < -0.4 is 5.73 Å². The van der Waals surface area contributed by atoms with Gasteiger partial charge in [-0.1, -0.05) is 152 Å². The largest absolute Gasteiger partial charge is 0.472 e. The molecule has 0 radical (unpaired) electrons. The van der Waals surface area contributed by atoms with Crippen LogP contribution in [0.1, 0.15) is 162 Å². The number of carbonyl (C=O) groups excluding carboxylic acids is 2. The van der Waals surface area contributed by atoms with Crippen molar-refractivity contribution in [3.05, 3.63) is 60.8 Å². The molecular weight excluding hydrogens is 677 g/mol. The SMILES string of the molecule is CCC=CCC=CCC=CCC=CCC=CCCCCCC(=O)OC[C@H](COP(=O)(O)OCCN)OC(=O)CCCCCCCCCCCCCC. The smallest absolute Gasteiger partial charge is 0.462 e. The van der Waals surface area contributed by atoms with E-state index in [0.717, 1.165) is 70.6 Å². The van der Waals surface area contributed by atoms with Crippen LogP contribution in [0.2, 0.25) is 0 Å². The maximum atomic E-state index is 12.5. The monoisotopic (exact) mass is 752 g/mol. The molecule has 0 aliphatic heterocycles. The van der Waals surface area contributed by atoms with Crippen LogP contribution in [0.3, 0.4) is 0 Å². The van der Waals surface area contributed by atoms with Gasteiger partial charge in [0, 0.05) is 19.4 Å². The maximum Gasteiger partial charge on any atom is 0.472 e. The van der Waals surface area contributed by atoms with Crippen molar-refractivity contribution in [1.82, 2.24) is 0 Å². The Hall–Kier alpha value is -2.29. The molecule has 0 amide bonds. The second-order valence-corrected chi connectivity index (χ2v) is 14.6. The molecule has 300 valence electrons. The number of carbonyl (C=O) groups is 2. The first-order chi connectivity index (χ1) is 25.3. The number of nitrogens with two attached hydrogens (primary N) is 1. The van der Waals surface area contributed by atoms with Crippen molar-refractivity contribution < 1.29 is 37.6 Å². The lowest BCUT2D eigenvalue weighted by Gasteiger charge is -2.19. The summed E-state index contributed by atoms with van der Waals surface area (Å²) in [6.07, 6.45) is 43.9. The van der Waals surface area contributed by atoms with Crippen molar-refractivity contribution in [2.45, 2.75) is 168 Å². The first kappa shape index (κ1) is 49.7. The van der Waals surface area contributed by atoms with Crippen LogP contribution in [0.15, 0.2) is 60.8 Å². The van der Waals surface area contributed by atoms with Crippen LogP contribution >= 0.6 is 7.82 Å². The number of rotatable bonds is 37. The van der Waals surface area contributed by atoms with Crippen molar-refractivity contribution in [3.63, 3.8) is 0 Å². The van der Waals surface area contributed by atoms with Crippen LogP contribution in [0.4, 0.5) is 0 Å². The minimum Gasteiger partial charge on any atom is -0.462 e. The van der Waals surface area contributed by atoms with E-state index in [1.54, 1.807) is 0 Å². The summed E-state index contributed by atoms with van der Waals surface area (Å²) < 4.78 is 32.7. The Morgan fingerprint density at radius 2 is 1.06 bits per heavy atom. The van der Waals surface area contributed by atoms with Crippen LogP contribution in [0.5, 0.6) is 0 Å². The molecule has 0 heterocycles. The highest BCUT2D eigenvalue weighted by Gasteiger charge is 2.25. The summed E-state index contributed by atoms with van der Waals surface area (Å²) in [6, 6.07) is 0. The summed E-state index contributed by atoms with van der Waals surface area (Å²) in [5.41, 5.74) is 5.33. The fraction of sp³-hybridized carbons (Fsp3) is 0.714. The van der Waals surface area contributed by atoms with Crippen molar-refractivity contribution in [2.75, 3.05) is 26.4 Å². The van der Waals surface area contributed by atoms with Gasteiger partial charge in [0.1, 0.15) is 6.61 Å². The first-order valence-corrected chi connectivity index (χ1v) is 21.8. The zero-order valence-electron chi connectivity index (χ0n) is 32.8. The summed E-state index contributed by atoms with van der Waals surface area (Å²) in [6.45, 7) is 3.56. The number of hydrogen-bond acceptors (Lipinski definition) is 8. The predicted octanol–water partition coefficient (Wildman–Crippen LogP) is 11.3. The molecular formula is C42H74NO8P. The van der Waals surface area contributed by atoms with Crippen LogP contribution in [-0.2, 0) is 32.7 Å². The third kappa shape index (κ3) is 37.5. The second-order valence-electron chi connectivity index (χ2n) is 13.1. The second kappa shape index (κ2) is 38.4. The van der Waals surface area contributed by atoms with Gasteiger partial charge in [0.2, 0.25) is 0 Å². The lowest BCUT2D eigenvalue weighted by molar-refractivity contribution is -0.161. The summed E-state index contributed by atoms with van der Waals surface area (Å²) in [5.74, 6) is -0.870. The Kier molecular flexibility index (Phi) is 36.7. The van der Waals surface area contributed by atoms with E-state index in [9.17, 15) is 19.0 Å². The number of unbranched alkanes of at least 4 members (excludes halogenated alkanes) is 14. The molecule has 0 aromatic carbocycles. The normalized spacial score (nSPS) is 14.0. The van der Waals surface area contributed by atoms with Crippen molar-refractivity contribution >= 4 is 19.8 Å². The van der Waals surface area contributed by atoms with Gasteiger partial charge in [0.15, 0.2) is 6.10 Å². The van der Waals surface area contributed by atoms with E-state index < -0.39 is 32.5 Å². The molecule has 0 aliphatic carbocycles. The van der Waals surface area contributed by atoms with Crippen LogP contribution in [-0.4, -0.2) is 49.3 Å². The number of esters is 2. The van der Waals surface area contributed by atoms with E-state index in [4.69, 9.17) is 24.3 Å². The lowest BCUT2D eigenvalue weighted by Crippen LogP contribution is -2.29. The Labute approximate surface area is 317 Å². The molecule has 0 saturated heterocycles. The van der Waals surface area contributed by atoms with Gasteiger partial charge < -0.3 is 20.1 Å². The average Bonchev–Trinajstić information content (AvgIpc) is 3.13. The lowest BCUT2D eigenvalue weighted by atomic mass is 10.0. The van der Waals surface area contributed by atoms with Crippen molar-refractivity contribution in [3.8, 4) is 0 Å². The molecule has 0 aromatic rings. The molecule has 0 aromatic heterocycles. The van der Waals surface area contributed by atoms with Gasteiger partial charge in [0.05, 0.1) is 13.2 Å². The number of phosphoric ester groups is 1. The van der Waals surface area contributed by atoms with Gasteiger partial charge in [-0.15, -0.1) is 0 Å². The highest BCUT2D eigenvalue weighted by atomic mass is 31.2. The van der Waals surface area contributed by atoms with Gasteiger partial charge >= 0.3 is 19.8 Å². The van der Waals surface area contributed by atoms with E-state index in [2.05, 4.69) is 74.6 Å². The van der Waals surface area contributed by atoms with Crippen molar-refractivity contribution in [1.29, 1.82) is 0 Å². The molecule has 2 atom stereocenters. The van der Waals surface area contributed by atoms with Gasteiger partial charge in [-0.2, -0.15) is 0 Å². The quantitative estimate of drug-likeness (QED) is 0.0275. The highest BCUT2D eigenvalue weighted by Crippen LogP contribution is 2.43. The van der Waals surface area contributed by atoms with E-state index >= 15 is 0 Å². The van der Waals surface area contributed by atoms with Crippen molar-refractivity contribution in [2.24, 2.45) is 5.73 Å². The van der Waals surface area contributed by atoms with Crippen LogP contribution in [0, 0.1) is 0 Å². The van der Waals surface area contributed by atoms with E-state index in [1.165, 1.54) is 51.4 Å². The zero-order valence-corrected chi connectivity index (χ0v) is 33.7. The van der Waals surface area contributed by atoms with Crippen LogP contribution in [0.25, 0.3) is 0 Å². The molecule has 0 spiro atoms. The Morgan fingerprint density at radius 3 is 1.58 bits per heavy atom. The molecule has 3 N–H and O–H groups in total. The predicted molar refractivity (Wildman–Crippen MR) is 215 cm³/mol. The first-order valence-electron chi connectivity index (χ1n) is 20.3. The standard InChI is InChI=1S/C42H74NO8P/c1-3-5-7-9-11-13-15-17-18-19-20-21-22-23-25-26-28-30-32-34-41(44)48-38-40(39-50-52(46,47)49-37-36-43)51-42(45)35-33-31-29-27-24-16-14-12-10-8-6-4-2/h5,7,11,13,17-18,20-21,23,25,40H,3-4,6,8-10,12,14-16,19,22,24,26-39,43H2,1-2H3,(H,46,47)/t40-/m1/s1. The molecule has 0 aliphatic rings. The molecule has 0 saturated carbocycles. The average molecular weight is 752 g/mol. The molecule has 9 nitrogen and oxygen atoms in total. The maximum absolute atomic E-state index is 12.5. The molecule has 1 unspecified atom stereocenters. The van der Waals surface area contributed by atoms with Gasteiger partial charge in [0.25, 0.3) is 0 Å². The molecule has 0 bridgehead atoms. The van der Waals surface area contributed by atoms with Gasteiger partial charge in [-0.25, -0.2) is 4.57 Å². The topological polar surface area (TPSA) is 134 Å². The number of allylic oxidation sites excluding steroid dienone is 10. The minimum absolute atomic E-state index is 0.0469. The van der Waals surface area contributed by atoms with E-state index in [1.807, 2.05) is 0 Å². The molecule has 10 heteroatoms. The number of hydrogen-bond donors (Lipinski definition) is 2. The Morgan fingerprint density at radius 1 is 0.596 bits per heavy atom. The summed E-state index contributed by atoms with van der Waals surface area (Å²) in [5, 5.41) is 0. The fourth-order valence-electron chi connectivity index (χ4n) is 5.19. The Balaban J connectivity index is 4.25. The van der Waals surface area contributed by atoms with E-state index in [0.29, 0.717) is 12.8 Å². The minimum atomic E-state index is -4.38. The summed E-state index contributed by atoms with van der Waals surface area (Å²) in [4.78, 5) is 34.8. The molecule has 0 rings (SSSR count). The summed E-state index contributed by atoms with van der Waals surface area (Å²) >= 11 is 0. The third-order valence-electron chi connectivity index (χ3n) is 8.17. The van der Waals surface area contributed by atoms with E-state index in [-0.39, 0.29) is 32.6 Å². The molecule has 52 heavy (non-hydrogen) atoms. The summed E-state index contributed by atoms with van der Waals surface area (Å²) in [7, 11) is -4.38. The van der Waals surface area contributed by atoms with Gasteiger partial charge in [-0.05, 0) is 57.8 Å². The highest BCUT2D eigenvalue weighted by molar-refractivity contribution is 7.47. The Bertz CT molecular complexity index is 1040. The fourth-order valence-corrected chi connectivity index (χ4v) is 5.95.